The van der Waals surface area contributed by atoms with Crippen molar-refractivity contribution in [1.29, 1.82) is 5.26 Å². The number of hydrogen-bond acceptors (Lipinski definition) is 2. The van der Waals surface area contributed by atoms with Crippen LogP contribution < -0.4 is 0 Å². The predicted molar refractivity (Wildman–Crippen MR) is 74.2 cm³/mol. The molecule has 0 aliphatic heterocycles. The minimum atomic E-state index is 0.204. The summed E-state index contributed by atoms with van der Waals surface area (Å²) in [6, 6.07) is 13.7. The third kappa shape index (κ3) is 2.73. The summed E-state index contributed by atoms with van der Waals surface area (Å²) in [4.78, 5) is 2.34. The summed E-state index contributed by atoms with van der Waals surface area (Å²) in [7, 11) is 2.14. The Hall–Kier alpha value is -1.33. The SMILES string of the molecule is CCN(C)C1CC(c2ccccc2)CCC1C#N. The zero-order valence-electron chi connectivity index (χ0n) is 11.3. The average molecular weight is 242 g/mol. The lowest BCUT2D eigenvalue weighted by molar-refractivity contribution is 0.152. The summed E-state index contributed by atoms with van der Waals surface area (Å²) in [5.41, 5.74) is 1.43. The quantitative estimate of drug-likeness (QED) is 0.812. The van der Waals surface area contributed by atoms with Crippen molar-refractivity contribution in [1.82, 2.24) is 4.90 Å². The third-order valence-corrected chi connectivity index (χ3v) is 4.32. The monoisotopic (exact) mass is 242 g/mol. The lowest BCUT2D eigenvalue weighted by Gasteiger charge is -2.38. The second-order valence-electron chi connectivity index (χ2n) is 5.30. The van der Waals surface area contributed by atoms with Gasteiger partial charge in [0.15, 0.2) is 0 Å². The molecule has 0 aromatic heterocycles. The van der Waals surface area contributed by atoms with E-state index in [1.165, 1.54) is 5.56 Å². The summed E-state index contributed by atoms with van der Waals surface area (Å²) in [6.07, 6.45) is 3.30. The molecule has 0 bridgehead atoms. The molecule has 2 rings (SSSR count). The van der Waals surface area contributed by atoms with Gasteiger partial charge in [-0.2, -0.15) is 5.26 Å². The molecule has 96 valence electrons. The Morgan fingerprint density at radius 1 is 1.28 bits per heavy atom. The third-order valence-electron chi connectivity index (χ3n) is 4.32. The van der Waals surface area contributed by atoms with Crippen LogP contribution in [0.3, 0.4) is 0 Å². The number of rotatable bonds is 3. The highest BCUT2D eigenvalue weighted by atomic mass is 15.1. The van der Waals surface area contributed by atoms with Gasteiger partial charge in [-0.1, -0.05) is 37.3 Å². The maximum atomic E-state index is 9.29. The van der Waals surface area contributed by atoms with Crippen LogP contribution in [0, 0.1) is 17.2 Å². The van der Waals surface area contributed by atoms with Crippen molar-refractivity contribution < 1.29 is 0 Å². The molecule has 3 atom stereocenters. The van der Waals surface area contributed by atoms with Crippen LogP contribution in [0.5, 0.6) is 0 Å². The average Bonchev–Trinajstić information content (AvgIpc) is 2.46. The molecule has 0 amide bonds. The van der Waals surface area contributed by atoms with Crippen LogP contribution in [-0.2, 0) is 0 Å². The highest BCUT2D eigenvalue weighted by Gasteiger charge is 2.33. The molecule has 2 nitrogen and oxygen atoms in total. The van der Waals surface area contributed by atoms with E-state index in [9.17, 15) is 5.26 Å². The molecule has 0 N–H and O–H groups in total. The van der Waals surface area contributed by atoms with Crippen LogP contribution >= 0.6 is 0 Å². The van der Waals surface area contributed by atoms with Gasteiger partial charge in [-0.15, -0.1) is 0 Å². The van der Waals surface area contributed by atoms with Crippen LogP contribution in [0.4, 0.5) is 0 Å². The summed E-state index contributed by atoms with van der Waals surface area (Å²) < 4.78 is 0. The fourth-order valence-corrected chi connectivity index (χ4v) is 3.05. The highest BCUT2D eigenvalue weighted by Crippen LogP contribution is 2.37. The first-order valence-corrected chi connectivity index (χ1v) is 6.91. The van der Waals surface area contributed by atoms with Gasteiger partial charge >= 0.3 is 0 Å². The highest BCUT2D eigenvalue weighted by molar-refractivity contribution is 5.21. The van der Waals surface area contributed by atoms with Crippen molar-refractivity contribution in [3.8, 4) is 6.07 Å². The summed E-state index contributed by atoms with van der Waals surface area (Å²) >= 11 is 0. The zero-order chi connectivity index (χ0) is 13.0. The minimum Gasteiger partial charge on any atom is -0.302 e. The van der Waals surface area contributed by atoms with Gasteiger partial charge in [0.05, 0.1) is 12.0 Å². The Morgan fingerprint density at radius 2 is 2.00 bits per heavy atom. The Labute approximate surface area is 110 Å². The first kappa shape index (κ1) is 13.1. The van der Waals surface area contributed by atoms with Gasteiger partial charge in [0, 0.05) is 6.04 Å². The largest absolute Gasteiger partial charge is 0.302 e. The molecule has 1 aliphatic carbocycles. The van der Waals surface area contributed by atoms with E-state index in [0.29, 0.717) is 12.0 Å². The van der Waals surface area contributed by atoms with Crippen LogP contribution in [0.1, 0.15) is 37.7 Å². The Balaban J connectivity index is 2.12. The van der Waals surface area contributed by atoms with E-state index in [0.717, 1.165) is 25.8 Å². The molecule has 0 spiro atoms. The van der Waals surface area contributed by atoms with Crippen LogP contribution in [-0.4, -0.2) is 24.5 Å². The van der Waals surface area contributed by atoms with Gasteiger partial charge in [-0.3, -0.25) is 0 Å². The second-order valence-corrected chi connectivity index (χ2v) is 5.30. The number of nitrogens with zero attached hydrogens (tertiary/aromatic N) is 2. The number of nitriles is 1. The maximum absolute atomic E-state index is 9.29. The summed E-state index contributed by atoms with van der Waals surface area (Å²) in [6.45, 7) is 3.19. The van der Waals surface area contributed by atoms with E-state index in [1.807, 2.05) is 0 Å². The molecule has 0 heterocycles. The summed E-state index contributed by atoms with van der Waals surface area (Å²) in [5.74, 6) is 0.824. The molecule has 0 radical (unpaired) electrons. The number of hydrogen-bond donors (Lipinski definition) is 0. The first-order chi connectivity index (χ1) is 8.76. The maximum Gasteiger partial charge on any atom is 0.0672 e. The first-order valence-electron chi connectivity index (χ1n) is 6.91. The van der Waals surface area contributed by atoms with E-state index in [-0.39, 0.29) is 5.92 Å². The Morgan fingerprint density at radius 3 is 2.61 bits per heavy atom. The molecular formula is C16H22N2. The molecule has 18 heavy (non-hydrogen) atoms. The predicted octanol–water partition coefficient (Wildman–Crippen LogP) is 3.41. The van der Waals surface area contributed by atoms with Crippen LogP contribution in [0.25, 0.3) is 0 Å². The molecular weight excluding hydrogens is 220 g/mol. The van der Waals surface area contributed by atoms with E-state index in [2.05, 4.69) is 55.3 Å². The van der Waals surface area contributed by atoms with E-state index < -0.39 is 0 Å². The van der Waals surface area contributed by atoms with Crippen molar-refractivity contribution in [2.45, 2.75) is 38.1 Å². The van der Waals surface area contributed by atoms with Gasteiger partial charge in [-0.05, 0) is 44.3 Å². The second kappa shape index (κ2) is 6.02. The van der Waals surface area contributed by atoms with Crippen molar-refractivity contribution in [2.24, 2.45) is 5.92 Å². The fourth-order valence-electron chi connectivity index (χ4n) is 3.05. The van der Waals surface area contributed by atoms with Crippen molar-refractivity contribution in [3.05, 3.63) is 35.9 Å². The molecule has 1 fully saturated rings. The van der Waals surface area contributed by atoms with Gasteiger partial charge in [0.1, 0.15) is 0 Å². The van der Waals surface area contributed by atoms with Crippen molar-refractivity contribution in [3.63, 3.8) is 0 Å². The Kier molecular flexibility index (Phi) is 4.38. The molecule has 3 unspecified atom stereocenters. The zero-order valence-corrected chi connectivity index (χ0v) is 11.3. The number of benzene rings is 1. The van der Waals surface area contributed by atoms with Crippen LogP contribution in [0.15, 0.2) is 30.3 Å². The van der Waals surface area contributed by atoms with Crippen LogP contribution in [0.2, 0.25) is 0 Å². The summed E-state index contributed by atoms with van der Waals surface area (Å²) in [5, 5.41) is 9.29. The van der Waals surface area contributed by atoms with Crippen molar-refractivity contribution >= 4 is 0 Å². The van der Waals surface area contributed by atoms with E-state index in [4.69, 9.17) is 0 Å². The van der Waals surface area contributed by atoms with E-state index in [1.54, 1.807) is 0 Å². The molecule has 2 heteroatoms. The van der Waals surface area contributed by atoms with Gasteiger partial charge < -0.3 is 4.90 Å². The van der Waals surface area contributed by atoms with Gasteiger partial charge in [0.25, 0.3) is 0 Å². The lowest BCUT2D eigenvalue weighted by Crippen LogP contribution is -2.41. The molecule has 1 saturated carbocycles. The standard InChI is InChI=1S/C16H22N2/c1-3-18(2)16-11-14(9-10-15(16)12-17)13-7-5-4-6-8-13/h4-8,14-16H,3,9-11H2,1-2H3. The van der Waals surface area contributed by atoms with Gasteiger partial charge in [0.2, 0.25) is 0 Å². The Bertz CT molecular complexity index is 407. The molecule has 1 aromatic rings. The molecule has 0 saturated heterocycles. The smallest absolute Gasteiger partial charge is 0.0672 e. The van der Waals surface area contributed by atoms with Gasteiger partial charge in [-0.25, -0.2) is 0 Å². The topological polar surface area (TPSA) is 27.0 Å². The van der Waals surface area contributed by atoms with E-state index >= 15 is 0 Å². The lowest BCUT2D eigenvalue weighted by atomic mass is 9.75. The normalized spacial score (nSPS) is 28.0. The fraction of sp³-hybridized carbons (Fsp3) is 0.562. The molecule has 1 aromatic carbocycles. The minimum absolute atomic E-state index is 0.204. The molecule has 1 aliphatic rings. The van der Waals surface area contributed by atoms with Crippen molar-refractivity contribution in [2.75, 3.05) is 13.6 Å².